The van der Waals surface area contributed by atoms with E-state index in [9.17, 15) is 4.79 Å². The van der Waals surface area contributed by atoms with Gasteiger partial charge in [-0.2, -0.15) is 5.10 Å². The van der Waals surface area contributed by atoms with Gasteiger partial charge in [-0.05, 0) is 25.3 Å². The van der Waals surface area contributed by atoms with E-state index in [0.717, 1.165) is 30.6 Å². The molecular weight excluding hydrogens is 330 g/mol. The summed E-state index contributed by atoms with van der Waals surface area (Å²) in [6, 6.07) is 3.78. The minimum Gasteiger partial charge on any atom is -0.347 e. The second-order valence-corrected chi connectivity index (χ2v) is 6.66. The van der Waals surface area contributed by atoms with Gasteiger partial charge in [-0.25, -0.2) is 19.5 Å². The van der Waals surface area contributed by atoms with E-state index in [2.05, 4.69) is 15.1 Å². The van der Waals surface area contributed by atoms with Gasteiger partial charge in [-0.1, -0.05) is 0 Å². The topological polar surface area (TPSA) is 79.5 Å². The Morgan fingerprint density at radius 3 is 2.77 bits per heavy atom. The van der Waals surface area contributed by atoms with Crippen LogP contribution in [0.15, 0.2) is 36.9 Å². The fourth-order valence-electron chi connectivity index (χ4n) is 3.32. The molecule has 0 unspecified atom stereocenters. The molecule has 0 aromatic carbocycles. The number of amides is 1. The quantitative estimate of drug-likeness (QED) is 0.718. The van der Waals surface area contributed by atoms with E-state index in [1.165, 1.54) is 0 Å². The molecule has 8 nitrogen and oxygen atoms in total. The van der Waals surface area contributed by atoms with Crippen molar-refractivity contribution in [3.63, 3.8) is 0 Å². The summed E-state index contributed by atoms with van der Waals surface area (Å²) in [6.07, 6.45) is 9.79. The molecule has 0 aliphatic carbocycles. The number of carbonyl (C=O) groups excluding carboxylic acids is 1. The van der Waals surface area contributed by atoms with E-state index in [4.69, 9.17) is 4.98 Å². The maximum Gasteiger partial charge on any atom is 0.257 e. The molecule has 0 bridgehead atoms. The van der Waals surface area contributed by atoms with Gasteiger partial charge in [0.2, 0.25) is 5.95 Å². The number of rotatable bonds is 3. The molecule has 0 spiro atoms. The van der Waals surface area contributed by atoms with Gasteiger partial charge in [0.15, 0.2) is 5.65 Å². The Hall–Kier alpha value is -3.03. The maximum atomic E-state index is 13.1. The maximum absolute atomic E-state index is 13.1. The van der Waals surface area contributed by atoms with E-state index in [-0.39, 0.29) is 11.9 Å². The first-order chi connectivity index (χ1) is 12.6. The zero-order chi connectivity index (χ0) is 18.1. The monoisotopic (exact) mass is 351 g/mol. The second-order valence-electron chi connectivity index (χ2n) is 6.66. The molecule has 4 heterocycles. The van der Waals surface area contributed by atoms with Gasteiger partial charge in [0, 0.05) is 45.3 Å². The molecule has 3 aromatic rings. The molecule has 1 atom stereocenters. The van der Waals surface area contributed by atoms with Crippen molar-refractivity contribution in [1.82, 2.24) is 29.5 Å². The van der Waals surface area contributed by atoms with Gasteiger partial charge < -0.3 is 9.80 Å². The van der Waals surface area contributed by atoms with Crippen LogP contribution < -0.4 is 4.90 Å². The Labute approximate surface area is 151 Å². The normalized spacial score (nSPS) is 17.5. The third-order valence-corrected chi connectivity index (χ3v) is 4.67. The highest BCUT2D eigenvalue weighted by Crippen LogP contribution is 2.31. The van der Waals surface area contributed by atoms with E-state index in [1.807, 2.05) is 42.2 Å². The molecule has 1 saturated heterocycles. The van der Waals surface area contributed by atoms with E-state index >= 15 is 0 Å². The summed E-state index contributed by atoms with van der Waals surface area (Å²) in [4.78, 5) is 30.0. The predicted molar refractivity (Wildman–Crippen MR) is 97.0 cm³/mol. The lowest BCUT2D eigenvalue weighted by atomic mass is 9.98. The Morgan fingerprint density at radius 1 is 1.19 bits per heavy atom. The predicted octanol–water partition coefficient (Wildman–Crippen LogP) is 1.95. The molecule has 8 heteroatoms. The van der Waals surface area contributed by atoms with Crippen molar-refractivity contribution in [2.45, 2.75) is 25.3 Å². The van der Waals surface area contributed by atoms with Gasteiger partial charge in [-0.15, -0.1) is 0 Å². The Morgan fingerprint density at radius 2 is 2.00 bits per heavy atom. The number of likely N-dealkylation sites (tertiary alicyclic amines) is 1. The Bertz CT molecular complexity index is 919. The number of nitrogens with zero attached hydrogens (tertiary/aromatic N) is 7. The minimum absolute atomic E-state index is 0.0373. The second kappa shape index (κ2) is 6.70. The molecule has 26 heavy (non-hydrogen) atoms. The molecule has 134 valence electrons. The van der Waals surface area contributed by atoms with Crippen molar-refractivity contribution in [3.8, 4) is 0 Å². The van der Waals surface area contributed by atoms with Crippen molar-refractivity contribution >= 4 is 17.5 Å². The number of aromatic nitrogens is 5. The van der Waals surface area contributed by atoms with Crippen LogP contribution in [0, 0.1) is 0 Å². The average Bonchev–Trinajstić information content (AvgIpc) is 3.15. The van der Waals surface area contributed by atoms with Gasteiger partial charge in [0.25, 0.3) is 5.91 Å². The summed E-state index contributed by atoms with van der Waals surface area (Å²) in [6.45, 7) is 0.713. The van der Waals surface area contributed by atoms with Crippen LogP contribution in [-0.4, -0.2) is 56.0 Å². The highest BCUT2D eigenvalue weighted by Gasteiger charge is 2.30. The van der Waals surface area contributed by atoms with Crippen molar-refractivity contribution in [2.24, 2.45) is 0 Å². The van der Waals surface area contributed by atoms with Crippen LogP contribution in [0.1, 0.15) is 41.4 Å². The molecular formula is C18H21N7O. The smallest absolute Gasteiger partial charge is 0.257 e. The van der Waals surface area contributed by atoms with Crippen molar-refractivity contribution in [3.05, 3.63) is 48.2 Å². The lowest BCUT2D eigenvalue weighted by molar-refractivity contribution is 0.0605. The standard InChI is InChI=1S/C18H21N7O/c1-23(2)18-19-11-13(12-20-18)17(26)24-9-4-3-5-15(24)14-7-10-25-16(22-14)6-8-21-25/h6-8,10-12,15H,3-5,9H2,1-2H3/t15-/m0/s1. The highest BCUT2D eigenvalue weighted by atomic mass is 16.2. The first kappa shape index (κ1) is 16.4. The van der Waals surface area contributed by atoms with Gasteiger partial charge in [0.05, 0.1) is 23.5 Å². The molecule has 3 aromatic heterocycles. The third-order valence-electron chi connectivity index (χ3n) is 4.67. The highest BCUT2D eigenvalue weighted by molar-refractivity contribution is 5.94. The molecule has 0 radical (unpaired) electrons. The first-order valence-corrected chi connectivity index (χ1v) is 8.74. The molecule has 0 saturated carbocycles. The summed E-state index contributed by atoms with van der Waals surface area (Å²) < 4.78 is 1.73. The van der Waals surface area contributed by atoms with Crippen LogP contribution in [0.4, 0.5) is 5.95 Å². The fourth-order valence-corrected chi connectivity index (χ4v) is 3.32. The van der Waals surface area contributed by atoms with Crippen LogP contribution in [-0.2, 0) is 0 Å². The Kier molecular flexibility index (Phi) is 4.24. The minimum atomic E-state index is -0.0461. The van der Waals surface area contributed by atoms with E-state index < -0.39 is 0 Å². The average molecular weight is 351 g/mol. The molecule has 4 rings (SSSR count). The summed E-state index contributed by atoms with van der Waals surface area (Å²) in [7, 11) is 3.74. The molecule has 1 aliphatic rings. The van der Waals surface area contributed by atoms with Crippen LogP contribution >= 0.6 is 0 Å². The lowest BCUT2D eigenvalue weighted by Crippen LogP contribution is -2.39. The molecule has 1 fully saturated rings. The summed E-state index contributed by atoms with van der Waals surface area (Å²) >= 11 is 0. The summed E-state index contributed by atoms with van der Waals surface area (Å²) in [5.74, 6) is 0.541. The van der Waals surface area contributed by atoms with Gasteiger partial charge >= 0.3 is 0 Å². The number of hydrogen-bond donors (Lipinski definition) is 0. The van der Waals surface area contributed by atoms with Crippen LogP contribution in [0.2, 0.25) is 0 Å². The number of fused-ring (bicyclic) bond motifs is 1. The fraction of sp³-hybridized carbons (Fsp3) is 0.389. The summed E-state index contributed by atoms with van der Waals surface area (Å²) in [5.41, 5.74) is 2.20. The lowest BCUT2D eigenvalue weighted by Gasteiger charge is -2.35. The first-order valence-electron chi connectivity index (χ1n) is 8.74. The van der Waals surface area contributed by atoms with Crippen LogP contribution in [0.25, 0.3) is 5.65 Å². The largest absolute Gasteiger partial charge is 0.347 e. The number of piperidine rings is 1. The van der Waals surface area contributed by atoms with E-state index in [1.54, 1.807) is 23.1 Å². The van der Waals surface area contributed by atoms with Crippen LogP contribution in [0.3, 0.4) is 0 Å². The number of hydrogen-bond acceptors (Lipinski definition) is 6. The van der Waals surface area contributed by atoms with Gasteiger partial charge in [-0.3, -0.25) is 4.79 Å². The third kappa shape index (κ3) is 2.98. The van der Waals surface area contributed by atoms with Crippen LogP contribution in [0.5, 0.6) is 0 Å². The van der Waals surface area contributed by atoms with Crippen molar-refractivity contribution in [2.75, 3.05) is 25.5 Å². The van der Waals surface area contributed by atoms with Crippen molar-refractivity contribution in [1.29, 1.82) is 0 Å². The number of anilines is 1. The molecule has 1 aliphatic heterocycles. The molecule has 1 amide bonds. The Balaban J connectivity index is 1.63. The number of carbonyl (C=O) groups is 1. The van der Waals surface area contributed by atoms with Gasteiger partial charge in [0.1, 0.15) is 0 Å². The SMILES string of the molecule is CN(C)c1ncc(C(=O)N2CCCC[C@H]2c2ccn3nccc3n2)cn1. The zero-order valence-electron chi connectivity index (χ0n) is 14.9. The molecule has 0 N–H and O–H groups in total. The van der Waals surface area contributed by atoms with E-state index in [0.29, 0.717) is 18.1 Å². The zero-order valence-corrected chi connectivity index (χ0v) is 14.9. The summed E-state index contributed by atoms with van der Waals surface area (Å²) in [5, 5.41) is 4.18. The van der Waals surface area contributed by atoms with Crippen molar-refractivity contribution < 1.29 is 4.79 Å².